The fourth-order valence-corrected chi connectivity index (χ4v) is 1.69. The summed E-state index contributed by atoms with van der Waals surface area (Å²) >= 11 is 0. The zero-order valence-electron chi connectivity index (χ0n) is 16.9. The molecule has 9 nitrogen and oxygen atoms in total. The summed E-state index contributed by atoms with van der Waals surface area (Å²) in [5, 5.41) is 0. The van der Waals surface area contributed by atoms with E-state index < -0.39 is 18.0 Å². The van der Waals surface area contributed by atoms with Crippen LogP contribution < -0.4 is 0 Å². The van der Waals surface area contributed by atoms with E-state index in [2.05, 4.69) is 9.47 Å². The third-order valence-electron chi connectivity index (χ3n) is 2.72. The summed E-state index contributed by atoms with van der Waals surface area (Å²) in [7, 11) is 0. The van der Waals surface area contributed by atoms with Gasteiger partial charge in [-0.3, -0.25) is 14.4 Å². The summed E-state index contributed by atoms with van der Waals surface area (Å²) in [6, 6.07) is 0. The van der Waals surface area contributed by atoms with Crippen LogP contribution in [0.1, 0.15) is 53.9 Å². The Hall–Kier alpha value is -2.16. The van der Waals surface area contributed by atoms with E-state index >= 15 is 0 Å². The van der Waals surface area contributed by atoms with E-state index in [1.807, 2.05) is 0 Å². The van der Waals surface area contributed by atoms with Crippen molar-refractivity contribution >= 4 is 23.9 Å². The lowest BCUT2D eigenvalue weighted by Crippen LogP contribution is -2.30. The molecule has 0 saturated heterocycles. The van der Waals surface area contributed by atoms with Gasteiger partial charge in [-0.15, -0.1) is 0 Å². The van der Waals surface area contributed by atoms with Crippen molar-refractivity contribution in [1.29, 1.82) is 0 Å². The molecule has 0 aromatic carbocycles. The molecule has 0 aromatic heterocycles. The van der Waals surface area contributed by atoms with Crippen molar-refractivity contribution in [3.05, 3.63) is 0 Å². The molecule has 0 radical (unpaired) electrons. The summed E-state index contributed by atoms with van der Waals surface area (Å²) in [5.41, 5.74) is 0. The molecule has 0 aliphatic carbocycles. The quantitative estimate of drug-likeness (QED) is 0.362. The van der Waals surface area contributed by atoms with E-state index in [0.29, 0.717) is 26.4 Å². The molecule has 0 aliphatic rings. The largest absolute Gasteiger partial charge is 0.466 e. The second-order valence-corrected chi connectivity index (χ2v) is 4.82. The molecule has 0 N–H and O–H groups in total. The minimum atomic E-state index is -0.853. The van der Waals surface area contributed by atoms with Gasteiger partial charge in [0.15, 0.2) is 6.10 Å². The Bertz CT molecular complexity index is 417. The summed E-state index contributed by atoms with van der Waals surface area (Å²) in [4.78, 5) is 43.9. The van der Waals surface area contributed by atoms with Gasteiger partial charge in [0.05, 0.1) is 45.7 Å². The van der Waals surface area contributed by atoms with Crippen LogP contribution in [0.15, 0.2) is 0 Å². The second-order valence-electron chi connectivity index (χ2n) is 4.82. The molecule has 0 aliphatic heterocycles. The molecule has 27 heavy (non-hydrogen) atoms. The van der Waals surface area contributed by atoms with Crippen molar-refractivity contribution in [3.63, 3.8) is 0 Å². The third kappa shape index (κ3) is 17.0. The highest BCUT2D eigenvalue weighted by Crippen LogP contribution is 2.03. The minimum absolute atomic E-state index is 0.0967. The first-order chi connectivity index (χ1) is 12.9. The second kappa shape index (κ2) is 18.6. The fraction of sp³-hybridized carbons (Fsp3) is 0.778. The Labute approximate surface area is 160 Å². The minimum Gasteiger partial charge on any atom is -0.466 e. The molecule has 0 fully saturated rings. The van der Waals surface area contributed by atoms with Gasteiger partial charge in [-0.05, 0) is 34.6 Å². The number of carbonyl (C=O) groups excluding carboxylic acids is 4. The normalized spacial score (nSPS) is 10.7. The number of hydrogen-bond acceptors (Lipinski definition) is 9. The van der Waals surface area contributed by atoms with Crippen molar-refractivity contribution in [2.75, 3.05) is 33.0 Å². The van der Waals surface area contributed by atoms with Gasteiger partial charge in [0.2, 0.25) is 0 Å². The Morgan fingerprint density at radius 2 is 1.00 bits per heavy atom. The highest BCUT2D eigenvalue weighted by molar-refractivity contribution is 5.81. The van der Waals surface area contributed by atoms with E-state index in [-0.39, 0.29) is 37.8 Å². The number of carbonyl (C=O) groups is 4. The third-order valence-corrected chi connectivity index (χ3v) is 2.72. The van der Waals surface area contributed by atoms with Crippen LogP contribution in [0.25, 0.3) is 0 Å². The molecule has 1 atom stereocenters. The molecule has 0 aromatic rings. The van der Waals surface area contributed by atoms with E-state index in [0.717, 1.165) is 0 Å². The van der Waals surface area contributed by atoms with Crippen LogP contribution in [0.2, 0.25) is 0 Å². The van der Waals surface area contributed by atoms with Crippen LogP contribution in [-0.2, 0) is 42.9 Å². The zero-order chi connectivity index (χ0) is 21.1. The molecule has 9 heteroatoms. The van der Waals surface area contributed by atoms with Crippen molar-refractivity contribution < 1.29 is 42.9 Å². The maximum atomic E-state index is 11.3. The lowest BCUT2D eigenvalue weighted by molar-refractivity contribution is -0.163. The van der Waals surface area contributed by atoms with Crippen LogP contribution in [0.5, 0.6) is 0 Å². The highest BCUT2D eigenvalue weighted by atomic mass is 16.6. The fourth-order valence-electron chi connectivity index (χ4n) is 1.69. The molecule has 0 amide bonds. The van der Waals surface area contributed by atoms with Crippen molar-refractivity contribution in [1.82, 2.24) is 0 Å². The monoisotopic (exact) mass is 392 g/mol. The van der Waals surface area contributed by atoms with E-state index in [4.69, 9.17) is 14.2 Å². The molecule has 1 unspecified atom stereocenters. The molecular weight excluding hydrogens is 360 g/mol. The van der Waals surface area contributed by atoms with Gasteiger partial charge in [-0.1, -0.05) is 0 Å². The number of esters is 4. The van der Waals surface area contributed by atoms with E-state index in [9.17, 15) is 19.2 Å². The first kappa shape index (κ1) is 27.1. The van der Waals surface area contributed by atoms with Gasteiger partial charge >= 0.3 is 23.9 Å². The zero-order valence-corrected chi connectivity index (χ0v) is 16.9. The van der Waals surface area contributed by atoms with Gasteiger partial charge in [0, 0.05) is 6.61 Å². The Morgan fingerprint density at radius 1 is 0.593 bits per heavy atom. The average Bonchev–Trinajstić information content (AvgIpc) is 2.61. The predicted molar refractivity (Wildman–Crippen MR) is 95.8 cm³/mol. The number of ether oxygens (including phenoxy) is 5. The first-order valence-corrected chi connectivity index (χ1v) is 9.11. The predicted octanol–water partition coefficient (Wildman–Crippen LogP) is 1.80. The average molecular weight is 392 g/mol. The highest BCUT2D eigenvalue weighted by Gasteiger charge is 2.24. The lowest BCUT2D eigenvalue weighted by Gasteiger charge is -2.14. The van der Waals surface area contributed by atoms with E-state index in [1.165, 1.54) is 0 Å². The molecule has 158 valence electrons. The van der Waals surface area contributed by atoms with Gasteiger partial charge in [-0.2, -0.15) is 0 Å². The van der Waals surface area contributed by atoms with E-state index in [1.54, 1.807) is 34.6 Å². The molecule has 0 bridgehead atoms. The van der Waals surface area contributed by atoms with Crippen LogP contribution in [0, 0.1) is 0 Å². The molecule has 0 heterocycles. The maximum absolute atomic E-state index is 11.3. The van der Waals surface area contributed by atoms with Gasteiger partial charge in [0.25, 0.3) is 0 Å². The Morgan fingerprint density at radius 3 is 1.37 bits per heavy atom. The molecular formula is C18H32O9. The topological polar surface area (TPSA) is 114 Å². The molecule has 0 rings (SSSR count). The van der Waals surface area contributed by atoms with Gasteiger partial charge < -0.3 is 23.7 Å². The van der Waals surface area contributed by atoms with Gasteiger partial charge in [-0.25, -0.2) is 4.79 Å². The summed E-state index contributed by atoms with van der Waals surface area (Å²) in [6.45, 7) is 10.2. The number of hydrogen-bond donors (Lipinski definition) is 0. The lowest BCUT2D eigenvalue weighted by atomic mass is 10.2. The van der Waals surface area contributed by atoms with Crippen molar-refractivity contribution in [2.24, 2.45) is 0 Å². The smallest absolute Gasteiger partial charge is 0.335 e. The summed E-state index contributed by atoms with van der Waals surface area (Å²) in [6.07, 6.45) is -0.742. The van der Waals surface area contributed by atoms with Crippen LogP contribution in [-0.4, -0.2) is 63.0 Å². The molecule has 0 saturated carbocycles. The van der Waals surface area contributed by atoms with Crippen molar-refractivity contribution in [3.8, 4) is 0 Å². The Kier molecular flexibility index (Phi) is 18.7. The summed E-state index contributed by atoms with van der Waals surface area (Å²) in [5.74, 6) is -1.69. The standard InChI is InChI=1S/C10H18O5.C8H14O4/c1-4-13-8(10(12)15-6-3)7-9(11)14-5-2;1-3-11-7(9)5-6-8(10)12-4-2/h8H,4-7H2,1-3H3;3-6H2,1-2H3. The van der Waals surface area contributed by atoms with Crippen LogP contribution >= 0.6 is 0 Å². The van der Waals surface area contributed by atoms with Crippen molar-refractivity contribution in [2.45, 2.75) is 60.0 Å². The summed E-state index contributed by atoms with van der Waals surface area (Å²) < 4.78 is 23.8. The Balaban J connectivity index is 0. The van der Waals surface area contributed by atoms with Crippen LogP contribution in [0.3, 0.4) is 0 Å². The SMILES string of the molecule is CCOC(=O)CC(OCC)C(=O)OCC.CCOC(=O)CCC(=O)OCC. The maximum Gasteiger partial charge on any atom is 0.335 e. The van der Waals surface area contributed by atoms with Crippen LogP contribution in [0.4, 0.5) is 0 Å². The first-order valence-electron chi connectivity index (χ1n) is 9.11. The number of rotatable bonds is 12. The molecule has 0 spiro atoms. The van der Waals surface area contributed by atoms with Gasteiger partial charge in [0.1, 0.15) is 0 Å².